The number of halogens is 1. The monoisotopic (exact) mass is 461 g/mol. The first-order valence-electron chi connectivity index (χ1n) is 9.91. The summed E-state index contributed by atoms with van der Waals surface area (Å²) >= 11 is 6.34. The Labute approximate surface area is 190 Å². The van der Waals surface area contributed by atoms with Crippen LogP contribution in [0, 0.1) is 0 Å². The van der Waals surface area contributed by atoms with Gasteiger partial charge >= 0.3 is 5.97 Å². The summed E-state index contributed by atoms with van der Waals surface area (Å²) in [5.74, 6) is -1.24. The molecule has 0 aliphatic carbocycles. The molecule has 0 fully saturated rings. The SMILES string of the molecule is CN(C(=O)COCCOCCOCC(=O)O)c1ccc2ncc(-c3ccccc3Cl)n2c1. The van der Waals surface area contributed by atoms with Crippen molar-refractivity contribution in [3.8, 4) is 11.3 Å². The summed E-state index contributed by atoms with van der Waals surface area (Å²) < 4.78 is 17.4. The minimum atomic E-state index is -1.02. The highest BCUT2D eigenvalue weighted by Crippen LogP contribution is 2.29. The van der Waals surface area contributed by atoms with E-state index in [1.165, 1.54) is 4.90 Å². The van der Waals surface area contributed by atoms with E-state index in [-0.39, 0.29) is 45.5 Å². The summed E-state index contributed by atoms with van der Waals surface area (Å²) in [6, 6.07) is 11.2. The fourth-order valence-corrected chi connectivity index (χ4v) is 3.17. The third kappa shape index (κ3) is 6.27. The maximum Gasteiger partial charge on any atom is 0.329 e. The number of likely N-dealkylation sites (N-methyl/N-ethyl adjacent to an activating group) is 1. The molecule has 1 N–H and O–H groups in total. The van der Waals surface area contributed by atoms with Crippen LogP contribution in [0.5, 0.6) is 0 Å². The van der Waals surface area contributed by atoms with Crippen LogP contribution in [0.2, 0.25) is 5.02 Å². The minimum Gasteiger partial charge on any atom is -0.480 e. The van der Waals surface area contributed by atoms with Gasteiger partial charge < -0.3 is 24.2 Å². The highest BCUT2D eigenvalue weighted by atomic mass is 35.5. The number of amides is 1. The Morgan fingerprint density at radius 3 is 2.44 bits per heavy atom. The van der Waals surface area contributed by atoms with Crippen LogP contribution in [0.4, 0.5) is 5.69 Å². The molecule has 170 valence electrons. The quantitative estimate of drug-likeness (QED) is 0.414. The van der Waals surface area contributed by atoms with Crippen molar-refractivity contribution in [2.75, 3.05) is 51.6 Å². The number of hydrogen-bond donors (Lipinski definition) is 1. The molecule has 3 rings (SSSR count). The fraction of sp³-hybridized carbons (Fsp3) is 0.318. The van der Waals surface area contributed by atoms with Crippen molar-refractivity contribution in [1.29, 1.82) is 0 Å². The number of pyridine rings is 1. The molecular weight excluding hydrogens is 438 g/mol. The van der Waals surface area contributed by atoms with Crippen molar-refractivity contribution in [3.05, 3.63) is 53.8 Å². The number of aliphatic carboxylic acids is 1. The highest BCUT2D eigenvalue weighted by Gasteiger charge is 2.14. The number of carboxylic acid groups (broad SMARTS) is 1. The lowest BCUT2D eigenvalue weighted by molar-refractivity contribution is -0.142. The summed E-state index contributed by atoms with van der Waals surface area (Å²) in [6.45, 7) is 0.482. The van der Waals surface area contributed by atoms with Gasteiger partial charge in [0.15, 0.2) is 0 Å². The number of imidazole rings is 1. The molecule has 0 atom stereocenters. The van der Waals surface area contributed by atoms with E-state index in [1.54, 1.807) is 13.2 Å². The Hall–Kier alpha value is -2.98. The Balaban J connectivity index is 1.51. The average molecular weight is 462 g/mol. The minimum absolute atomic E-state index is 0.102. The standard InChI is InChI=1S/C22H24ClN3O6/c1-25(21(27)14-31-10-8-30-9-11-32-15-22(28)29)16-6-7-20-24-12-19(26(20)13-16)17-4-2-3-5-18(17)23/h2-7,12-13H,8-11,14-15H2,1H3,(H,28,29). The predicted molar refractivity (Wildman–Crippen MR) is 119 cm³/mol. The van der Waals surface area contributed by atoms with Gasteiger partial charge in [0, 0.05) is 23.8 Å². The van der Waals surface area contributed by atoms with E-state index in [9.17, 15) is 9.59 Å². The molecule has 0 aliphatic heterocycles. The molecule has 0 saturated carbocycles. The lowest BCUT2D eigenvalue weighted by Gasteiger charge is -2.18. The van der Waals surface area contributed by atoms with Crippen LogP contribution < -0.4 is 4.90 Å². The number of carbonyl (C=O) groups is 2. The van der Waals surface area contributed by atoms with E-state index >= 15 is 0 Å². The molecular formula is C22H24ClN3O6. The van der Waals surface area contributed by atoms with E-state index in [4.69, 9.17) is 30.9 Å². The van der Waals surface area contributed by atoms with Gasteiger partial charge in [0.2, 0.25) is 0 Å². The van der Waals surface area contributed by atoms with Crippen LogP contribution >= 0.6 is 11.6 Å². The van der Waals surface area contributed by atoms with Gasteiger partial charge in [0.1, 0.15) is 18.9 Å². The summed E-state index contributed by atoms with van der Waals surface area (Å²) in [5, 5.41) is 9.07. The third-order valence-electron chi connectivity index (χ3n) is 4.60. The zero-order valence-corrected chi connectivity index (χ0v) is 18.3. The summed E-state index contributed by atoms with van der Waals surface area (Å²) in [6.07, 6.45) is 3.58. The Morgan fingerprint density at radius 2 is 1.72 bits per heavy atom. The number of aromatic nitrogens is 2. The predicted octanol–water partition coefficient (Wildman–Crippen LogP) is 2.75. The molecule has 0 aliphatic rings. The highest BCUT2D eigenvalue weighted by molar-refractivity contribution is 6.33. The van der Waals surface area contributed by atoms with Crippen LogP contribution in [0.25, 0.3) is 16.9 Å². The smallest absolute Gasteiger partial charge is 0.329 e. The zero-order chi connectivity index (χ0) is 22.9. The Bertz CT molecular complexity index is 1070. The third-order valence-corrected chi connectivity index (χ3v) is 4.93. The number of anilines is 1. The van der Waals surface area contributed by atoms with Crippen molar-refractivity contribution in [1.82, 2.24) is 9.38 Å². The number of nitrogens with zero attached hydrogens (tertiary/aromatic N) is 3. The lowest BCUT2D eigenvalue weighted by Crippen LogP contribution is -2.30. The fourth-order valence-electron chi connectivity index (χ4n) is 2.93. The number of benzene rings is 1. The van der Waals surface area contributed by atoms with Gasteiger partial charge in [0.05, 0.1) is 44.0 Å². The van der Waals surface area contributed by atoms with E-state index in [2.05, 4.69) is 4.98 Å². The summed E-state index contributed by atoms with van der Waals surface area (Å²) in [7, 11) is 1.68. The molecule has 2 aromatic heterocycles. The van der Waals surface area contributed by atoms with Crippen LogP contribution in [0.1, 0.15) is 0 Å². The number of rotatable bonds is 12. The van der Waals surface area contributed by atoms with Crippen molar-refractivity contribution in [3.63, 3.8) is 0 Å². The molecule has 0 bridgehead atoms. The number of fused-ring (bicyclic) bond motifs is 1. The first-order valence-corrected chi connectivity index (χ1v) is 10.3. The molecule has 32 heavy (non-hydrogen) atoms. The Kier molecular flexibility index (Phi) is 8.57. The summed E-state index contributed by atoms with van der Waals surface area (Å²) in [5.41, 5.74) is 3.10. The molecule has 0 spiro atoms. The van der Waals surface area contributed by atoms with Gasteiger partial charge in [-0.05, 0) is 18.2 Å². The van der Waals surface area contributed by atoms with Gasteiger partial charge in [-0.25, -0.2) is 9.78 Å². The molecule has 0 unspecified atom stereocenters. The topological polar surface area (TPSA) is 103 Å². The maximum atomic E-state index is 12.5. The van der Waals surface area contributed by atoms with Crippen LogP contribution in [0.15, 0.2) is 48.8 Å². The first-order chi connectivity index (χ1) is 15.5. The molecule has 3 aromatic rings. The van der Waals surface area contributed by atoms with Gasteiger partial charge in [-0.1, -0.05) is 29.8 Å². The second-order valence-corrected chi connectivity index (χ2v) is 7.21. The molecule has 0 saturated heterocycles. The van der Waals surface area contributed by atoms with Crippen molar-refractivity contribution in [2.45, 2.75) is 0 Å². The van der Waals surface area contributed by atoms with Crippen molar-refractivity contribution < 1.29 is 28.9 Å². The van der Waals surface area contributed by atoms with Crippen LogP contribution in [-0.4, -0.2) is 73.1 Å². The number of carbonyl (C=O) groups excluding carboxylic acids is 1. The molecule has 2 heterocycles. The number of ether oxygens (including phenoxy) is 3. The molecule has 1 aromatic carbocycles. The summed E-state index contributed by atoms with van der Waals surface area (Å²) in [4.78, 5) is 28.7. The largest absolute Gasteiger partial charge is 0.480 e. The Morgan fingerprint density at radius 1 is 1.03 bits per heavy atom. The maximum absolute atomic E-state index is 12.5. The second kappa shape index (κ2) is 11.6. The second-order valence-electron chi connectivity index (χ2n) is 6.80. The van der Waals surface area contributed by atoms with Crippen LogP contribution in [0.3, 0.4) is 0 Å². The lowest BCUT2D eigenvalue weighted by atomic mass is 10.2. The van der Waals surface area contributed by atoms with Crippen LogP contribution in [-0.2, 0) is 23.8 Å². The zero-order valence-electron chi connectivity index (χ0n) is 17.6. The van der Waals surface area contributed by atoms with E-state index in [0.717, 1.165) is 16.9 Å². The molecule has 1 amide bonds. The van der Waals surface area contributed by atoms with E-state index in [0.29, 0.717) is 10.7 Å². The molecule has 0 radical (unpaired) electrons. The van der Waals surface area contributed by atoms with Crippen molar-refractivity contribution in [2.24, 2.45) is 0 Å². The first kappa shape index (κ1) is 23.7. The molecule has 9 nitrogen and oxygen atoms in total. The number of hydrogen-bond acceptors (Lipinski definition) is 6. The molecule has 10 heteroatoms. The van der Waals surface area contributed by atoms with Gasteiger partial charge in [-0.15, -0.1) is 0 Å². The van der Waals surface area contributed by atoms with Gasteiger partial charge in [-0.2, -0.15) is 0 Å². The van der Waals surface area contributed by atoms with E-state index < -0.39 is 5.97 Å². The normalized spacial score (nSPS) is 11.1. The van der Waals surface area contributed by atoms with Gasteiger partial charge in [0.25, 0.3) is 5.91 Å². The van der Waals surface area contributed by atoms with E-state index in [1.807, 2.05) is 47.0 Å². The number of carboxylic acids is 1. The van der Waals surface area contributed by atoms with Crippen molar-refractivity contribution >= 4 is 34.8 Å². The average Bonchev–Trinajstić information content (AvgIpc) is 3.20. The van der Waals surface area contributed by atoms with Gasteiger partial charge in [-0.3, -0.25) is 9.20 Å².